The molecule has 4 aromatic rings. The van der Waals surface area contributed by atoms with Crippen molar-refractivity contribution in [1.29, 1.82) is 5.26 Å². The lowest BCUT2D eigenvalue weighted by Crippen LogP contribution is -2.32. The summed E-state index contributed by atoms with van der Waals surface area (Å²) >= 11 is 7.22. The van der Waals surface area contributed by atoms with Gasteiger partial charge in [-0.15, -0.1) is 11.3 Å². The maximum absolute atomic E-state index is 13.5. The van der Waals surface area contributed by atoms with Crippen molar-refractivity contribution >= 4 is 46.2 Å². The minimum atomic E-state index is -0.672. The second-order valence-corrected chi connectivity index (χ2v) is 8.86. The molecule has 1 N–H and O–H groups in total. The van der Waals surface area contributed by atoms with E-state index in [2.05, 4.69) is 5.32 Å². The maximum atomic E-state index is 13.5. The number of aromatic nitrogens is 1. The van der Waals surface area contributed by atoms with Crippen molar-refractivity contribution in [3.8, 4) is 23.3 Å². The topological polar surface area (TPSA) is 93.4 Å². The van der Waals surface area contributed by atoms with Crippen molar-refractivity contribution in [2.75, 3.05) is 19.5 Å². The van der Waals surface area contributed by atoms with Crippen LogP contribution in [-0.2, 0) is 4.79 Å². The van der Waals surface area contributed by atoms with E-state index in [4.69, 9.17) is 21.1 Å². The van der Waals surface area contributed by atoms with E-state index in [9.17, 15) is 14.9 Å². The number of amides is 1. The molecular formula is C27H20ClN3O4S. The molecule has 0 aliphatic heterocycles. The van der Waals surface area contributed by atoms with Crippen molar-refractivity contribution in [3.63, 3.8) is 0 Å². The lowest BCUT2D eigenvalue weighted by Gasteiger charge is -2.07. The largest absolute Gasteiger partial charge is 0.493 e. The third kappa shape index (κ3) is 5.03. The summed E-state index contributed by atoms with van der Waals surface area (Å²) in [6.45, 7) is 0. The molecule has 0 saturated heterocycles. The van der Waals surface area contributed by atoms with Crippen LogP contribution in [0.2, 0.25) is 5.02 Å². The Labute approximate surface area is 215 Å². The zero-order valence-corrected chi connectivity index (χ0v) is 20.9. The molecule has 0 saturated carbocycles. The number of para-hydroxylation sites is 2. The summed E-state index contributed by atoms with van der Waals surface area (Å²) in [6.07, 6.45) is 1.68. The quantitative estimate of drug-likeness (QED) is 0.421. The Hall–Kier alpha value is -4.32. The summed E-state index contributed by atoms with van der Waals surface area (Å²) in [6, 6.07) is 22.8. The number of nitrogens with one attached hydrogen (secondary N) is 1. The van der Waals surface area contributed by atoms with E-state index in [0.29, 0.717) is 38.0 Å². The number of carbonyl (C=O) groups is 1. The maximum Gasteiger partial charge on any atom is 0.273 e. The molecule has 0 radical (unpaired) electrons. The Balaban J connectivity index is 1.95. The van der Waals surface area contributed by atoms with Gasteiger partial charge in [-0.1, -0.05) is 48.0 Å². The van der Waals surface area contributed by atoms with E-state index in [-0.39, 0.29) is 15.8 Å². The van der Waals surface area contributed by atoms with Gasteiger partial charge < -0.3 is 14.8 Å². The number of nitrogens with zero attached hydrogens (tertiary/aromatic N) is 2. The smallest absolute Gasteiger partial charge is 0.273 e. The first-order valence-electron chi connectivity index (χ1n) is 10.7. The van der Waals surface area contributed by atoms with Gasteiger partial charge in [-0.25, -0.2) is 0 Å². The number of benzene rings is 3. The number of hydrogen-bond acceptors (Lipinski definition) is 6. The zero-order valence-electron chi connectivity index (χ0n) is 19.3. The van der Waals surface area contributed by atoms with E-state index in [1.165, 1.54) is 18.8 Å². The number of halogens is 1. The van der Waals surface area contributed by atoms with Crippen molar-refractivity contribution in [2.24, 2.45) is 0 Å². The second-order valence-electron chi connectivity index (χ2n) is 7.43. The van der Waals surface area contributed by atoms with Crippen LogP contribution in [0.5, 0.6) is 11.5 Å². The Morgan fingerprint density at radius 1 is 1.03 bits per heavy atom. The Morgan fingerprint density at radius 3 is 2.39 bits per heavy atom. The van der Waals surface area contributed by atoms with Crippen molar-refractivity contribution in [1.82, 2.24) is 4.57 Å². The van der Waals surface area contributed by atoms with E-state index >= 15 is 0 Å². The van der Waals surface area contributed by atoms with Crippen molar-refractivity contribution in [3.05, 3.63) is 103 Å². The van der Waals surface area contributed by atoms with E-state index in [1.807, 2.05) is 12.1 Å². The molecule has 4 rings (SSSR count). The van der Waals surface area contributed by atoms with Crippen LogP contribution >= 0.6 is 22.9 Å². The average molecular weight is 518 g/mol. The van der Waals surface area contributed by atoms with Crippen LogP contribution in [0.3, 0.4) is 0 Å². The third-order valence-corrected chi connectivity index (χ3v) is 6.64. The lowest BCUT2D eigenvalue weighted by atomic mass is 10.2. The molecule has 0 spiro atoms. The highest BCUT2D eigenvalue weighted by molar-refractivity contribution is 7.07. The van der Waals surface area contributed by atoms with Crippen LogP contribution in [0, 0.1) is 11.3 Å². The predicted octanol–water partition coefficient (Wildman–Crippen LogP) is 3.71. The molecule has 3 aromatic carbocycles. The molecule has 7 nitrogen and oxygen atoms in total. The van der Waals surface area contributed by atoms with Gasteiger partial charge in [0, 0.05) is 0 Å². The van der Waals surface area contributed by atoms with Crippen LogP contribution in [-0.4, -0.2) is 24.7 Å². The molecule has 0 fully saturated rings. The molecule has 1 aromatic heterocycles. The molecule has 180 valence electrons. The summed E-state index contributed by atoms with van der Waals surface area (Å²) in [7, 11) is 3.07. The van der Waals surface area contributed by atoms with Gasteiger partial charge in [-0.2, -0.15) is 5.26 Å². The van der Waals surface area contributed by atoms with Gasteiger partial charge in [-0.05, 0) is 48.0 Å². The molecule has 9 heteroatoms. The van der Waals surface area contributed by atoms with Crippen molar-refractivity contribution < 1.29 is 14.3 Å². The molecule has 0 aliphatic rings. The monoisotopic (exact) mass is 517 g/mol. The minimum Gasteiger partial charge on any atom is -0.493 e. The normalized spacial score (nSPS) is 12.0. The summed E-state index contributed by atoms with van der Waals surface area (Å²) in [5.41, 5.74) is 0.997. The third-order valence-electron chi connectivity index (χ3n) is 5.22. The molecular weight excluding hydrogens is 498 g/mol. The van der Waals surface area contributed by atoms with Gasteiger partial charge >= 0.3 is 0 Å². The molecule has 0 bridgehead atoms. The van der Waals surface area contributed by atoms with Crippen LogP contribution in [0.4, 0.5) is 5.69 Å². The van der Waals surface area contributed by atoms with Crippen LogP contribution in [0.1, 0.15) is 5.56 Å². The molecule has 0 atom stereocenters. The SMILES string of the molecule is COc1ccc(/C=c2/s/c(=C(\C#N)C(=O)Nc3ccccc3Cl)n(-c3ccccc3)c2=O)cc1OC. The second kappa shape index (κ2) is 11.0. The molecule has 1 heterocycles. The number of carbonyl (C=O) groups excluding carboxylic acids is 1. The summed E-state index contributed by atoms with van der Waals surface area (Å²) < 4.78 is 12.5. The summed E-state index contributed by atoms with van der Waals surface area (Å²) in [5.74, 6) is 0.392. The predicted molar refractivity (Wildman–Crippen MR) is 141 cm³/mol. The molecule has 0 unspecified atom stereocenters. The summed E-state index contributed by atoms with van der Waals surface area (Å²) in [4.78, 5) is 26.7. The van der Waals surface area contributed by atoms with Crippen LogP contribution in [0.25, 0.3) is 17.3 Å². The van der Waals surface area contributed by atoms with Gasteiger partial charge in [0.15, 0.2) is 17.1 Å². The minimum absolute atomic E-state index is 0.199. The number of anilines is 1. The van der Waals surface area contributed by atoms with Gasteiger partial charge in [-0.3, -0.25) is 14.2 Å². The average Bonchev–Trinajstić information content (AvgIpc) is 3.21. The first kappa shape index (κ1) is 24.8. The van der Waals surface area contributed by atoms with Gasteiger partial charge in [0.2, 0.25) is 0 Å². The first-order chi connectivity index (χ1) is 17.5. The van der Waals surface area contributed by atoms with Crippen LogP contribution < -0.4 is 29.5 Å². The Bertz CT molecular complexity index is 1650. The van der Waals surface area contributed by atoms with Crippen molar-refractivity contribution in [2.45, 2.75) is 0 Å². The van der Waals surface area contributed by atoms with Crippen LogP contribution in [0.15, 0.2) is 77.6 Å². The lowest BCUT2D eigenvalue weighted by molar-refractivity contribution is -0.111. The number of methoxy groups -OCH3 is 2. The fourth-order valence-electron chi connectivity index (χ4n) is 3.50. The Morgan fingerprint density at radius 2 is 1.72 bits per heavy atom. The molecule has 36 heavy (non-hydrogen) atoms. The Kier molecular flexibility index (Phi) is 7.54. The van der Waals surface area contributed by atoms with E-state index < -0.39 is 5.91 Å². The zero-order chi connectivity index (χ0) is 25.7. The molecule has 1 amide bonds. The number of ether oxygens (including phenoxy) is 2. The number of hydrogen-bond donors (Lipinski definition) is 1. The van der Waals surface area contributed by atoms with Gasteiger partial charge in [0.25, 0.3) is 11.5 Å². The highest BCUT2D eigenvalue weighted by atomic mass is 35.5. The van der Waals surface area contributed by atoms with Gasteiger partial charge in [0.05, 0.1) is 35.1 Å². The number of rotatable bonds is 6. The fourth-order valence-corrected chi connectivity index (χ4v) is 4.78. The standard InChI is InChI=1S/C27H20ClN3O4S/c1-34-22-13-12-17(14-23(22)35-2)15-24-26(33)31(18-8-4-3-5-9-18)27(36-24)19(16-29)25(32)30-21-11-7-6-10-20(21)28/h3-15H,1-2H3,(H,30,32)/b24-15+,27-19+. The van der Waals surface area contributed by atoms with E-state index in [1.54, 1.807) is 72.8 Å². The fraction of sp³-hybridized carbons (Fsp3) is 0.0741. The number of thiazole rings is 1. The van der Waals surface area contributed by atoms with E-state index in [0.717, 1.165) is 11.3 Å². The number of nitriles is 1. The van der Waals surface area contributed by atoms with Gasteiger partial charge in [0.1, 0.15) is 10.7 Å². The highest BCUT2D eigenvalue weighted by Crippen LogP contribution is 2.27. The highest BCUT2D eigenvalue weighted by Gasteiger charge is 2.18. The first-order valence-corrected chi connectivity index (χ1v) is 11.9. The summed E-state index contributed by atoms with van der Waals surface area (Å²) in [5, 5.41) is 12.9. The molecule has 0 aliphatic carbocycles.